The monoisotopic (exact) mass is 272 g/mol. The minimum atomic E-state index is 0.00323. The number of anilines is 1. The van der Waals surface area contributed by atoms with Gasteiger partial charge in [-0.1, -0.05) is 6.07 Å². The van der Waals surface area contributed by atoms with Gasteiger partial charge in [0, 0.05) is 10.0 Å². The van der Waals surface area contributed by atoms with Crippen LogP contribution in [0.2, 0.25) is 0 Å². The van der Waals surface area contributed by atoms with E-state index in [0.29, 0.717) is 11.3 Å². The lowest BCUT2D eigenvalue weighted by Gasteiger charge is -2.07. The van der Waals surface area contributed by atoms with Crippen LogP contribution in [0, 0.1) is 0 Å². The molecule has 1 aromatic rings. The molecule has 0 radical (unpaired) electrons. The van der Waals surface area contributed by atoms with Gasteiger partial charge in [0.2, 0.25) is 0 Å². The summed E-state index contributed by atoms with van der Waals surface area (Å²) in [6.07, 6.45) is 0. The Labute approximate surface area is 95.8 Å². The van der Waals surface area contributed by atoms with Crippen molar-refractivity contribution in [3.63, 3.8) is 0 Å². The van der Waals surface area contributed by atoms with Crippen molar-refractivity contribution in [1.29, 1.82) is 0 Å². The first kappa shape index (κ1) is 11.1. The van der Waals surface area contributed by atoms with Crippen molar-refractivity contribution in [2.75, 3.05) is 5.32 Å². The predicted octanol–water partition coefficient (Wildman–Crippen LogP) is 2.31. The van der Waals surface area contributed by atoms with Crippen LogP contribution in [0.5, 0.6) is 0 Å². The van der Waals surface area contributed by atoms with E-state index in [-0.39, 0.29) is 10.9 Å². The van der Waals surface area contributed by atoms with E-state index >= 15 is 0 Å². The third-order valence-electron chi connectivity index (χ3n) is 1.63. The fraction of sp³-hybridized carbons (Fsp3) is 0.111. The zero-order chi connectivity index (χ0) is 10.7. The molecule has 0 saturated carbocycles. The van der Waals surface area contributed by atoms with Crippen molar-refractivity contribution < 1.29 is 4.79 Å². The van der Waals surface area contributed by atoms with Gasteiger partial charge >= 0.3 is 0 Å². The highest BCUT2D eigenvalue weighted by Gasteiger charge is 2.04. The molecule has 0 saturated heterocycles. The Kier molecular flexibility index (Phi) is 3.60. The van der Waals surface area contributed by atoms with Gasteiger partial charge in [0.25, 0.3) is 0 Å². The Morgan fingerprint density at radius 3 is 2.71 bits per heavy atom. The van der Waals surface area contributed by atoms with E-state index in [0.717, 1.165) is 4.47 Å². The summed E-state index contributed by atoms with van der Waals surface area (Å²) in [7, 11) is 0. The van der Waals surface area contributed by atoms with Gasteiger partial charge in [-0.05, 0) is 47.2 Å². The number of nitrogens with two attached hydrogens (primary N) is 1. The molecule has 1 rings (SSSR count). The molecule has 0 bridgehead atoms. The van der Waals surface area contributed by atoms with E-state index in [1.54, 1.807) is 18.2 Å². The SMILES string of the molecule is CC(=O)c1ccc(Br)c(NC(N)=S)c1. The lowest BCUT2D eigenvalue weighted by atomic mass is 10.1. The minimum absolute atomic E-state index is 0.00323. The summed E-state index contributed by atoms with van der Waals surface area (Å²) in [5, 5.41) is 2.95. The van der Waals surface area contributed by atoms with Gasteiger partial charge in [0.15, 0.2) is 10.9 Å². The normalized spacial score (nSPS) is 9.57. The Hall–Kier alpha value is -0.940. The molecule has 0 aliphatic rings. The zero-order valence-electron chi connectivity index (χ0n) is 7.50. The van der Waals surface area contributed by atoms with Gasteiger partial charge in [-0.25, -0.2) is 0 Å². The standard InChI is InChI=1S/C9H9BrN2OS/c1-5(13)6-2-3-7(10)8(4-6)12-9(11)14/h2-4H,1H3,(H3,11,12,14). The average Bonchev–Trinajstić information content (AvgIpc) is 2.07. The summed E-state index contributed by atoms with van der Waals surface area (Å²) >= 11 is 8.03. The Bertz CT molecular complexity index is 392. The van der Waals surface area contributed by atoms with Gasteiger partial charge < -0.3 is 11.1 Å². The highest BCUT2D eigenvalue weighted by molar-refractivity contribution is 9.10. The van der Waals surface area contributed by atoms with Gasteiger partial charge in [0.05, 0.1) is 5.69 Å². The van der Waals surface area contributed by atoms with Crippen LogP contribution in [-0.2, 0) is 0 Å². The second-order valence-corrected chi connectivity index (χ2v) is 4.03. The van der Waals surface area contributed by atoms with Gasteiger partial charge in [-0.2, -0.15) is 0 Å². The summed E-state index contributed by atoms with van der Waals surface area (Å²) in [5.41, 5.74) is 6.65. The maximum Gasteiger partial charge on any atom is 0.168 e. The van der Waals surface area contributed by atoms with Crippen LogP contribution in [0.1, 0.15) is 17.3 Å². The fourth-order valence-corrected chi connectivity index (χ4v) is 1.43. The quantitative estimate of drug-likeness (QED) is 0.641. The molecule has 0 fully saturated rings. The van der Waals surface area contributed by atoms with Gasteiger partial charge in [-0.3, -0.25) is 4.79 Å². The molecule has 0 unspecified atom stereocenters. The number of carbonyl (C=O) groups is 1. The lowest BCUT2D eigenvalue weighted by molar-refractivity contribution is 0.101. The van der Waals surface area contributed by atoms with E-state index in [9.17, 15) is 4.79 Å². The van der Waals surface area contributed by atoms with E-state index in [4.69, 9.17) is 18.0 Å². The number of hydrogen-bond donors (Lipinski definition) is 2. The number of Topliss-reactive ketones (excluding diaryl/α,β-unsaturated/α-hetero) is 1. The van der Waals surface area contributed by atoms with Crippen molar-refractivity contribution in [2.45, 2.75) is 6.92 Å². The molecule has 0 heterocycles. The molecule has 14 heavy (non-hydrogen) atoms. The van der Waals surface area contributed by atoms with Gasteiger partial charge in [0.1, 0.15) is 0 Å². The number of thiocarbonyl (C=S) groups is 1. The summed E-state index contributed by atoms with van der Waals surface area (Å²) in [6, 6.07) is 5.21. The molecule has 3 nitrogen and oxygen atoms in total. The van der Waals surface area contributed by atoms with Crippen LogP contribution < -0.4 is 11.1 Å². The Balaban J connectivity index is 3.08. The molecular formula is C9H9BrN2OS. The number of halogens is 1. The van der Waals surface area contributed by atoms with Crippen LogP contribution in [0.4, 0.5) is 5.69 Å². The van der Waals surface area contributed by atoms with Crippen molar-refractivity contribution in [3.8, 4) is 0 Å². The first-order chi connectivity index (χ1) is 6.50. The number of rotatable bonds is 2. The summed E-state index contributed by atoms with van der Waals surface area (Å²) in [4.78, 5) is 11.1. The molecule has 0 spiro atoms. The number of hydrogen-bond acceptors (Lipinski definition) is 2. The smallest absolute Gasteiger partial charge is 0.168 e. The fourth-order valence-electron chi connectivity index (χ4n) is 0.973. The molecule has 74 valence electrons. The van der Waals surface area contributed by atoms with Crippen molar-refractivity contribution in [3.05, 3.63) is 28.2 Å². The third-order valence-corrected chi connectivity index (χ3v) is 2.42. The Morgan fingerprint density at radius 1 is 1.57 bits per heavy atom. The summed E-state index contributed by atoms with van der Waals surface area (Å²) in [5.74, 6) is 0.00323. The van der Waals surface area contributed by atoms with Crippen molar-refractivity contribution in [1.82, 2.24) is 0 Å². The Morgan fingerprint density at radius 2 is 2.21 bits per heavy atom. The first-order valence-corrected chi connectivity index (χ1v) is 5.08. The molecule has 3 N–H and O–H groups in total. The predicted molar refractivity (Wildman–Crippen MR) is 64.6 cm³/mol. The molecule has 0 aliphatic carbocycles. The number of nitrogens with one attached hydrogen (secondary N) is 1. The highest BCUT2D eigenvalue weighted by atomic mass is 79.9. The van der Waals surface area contributed by atoms with Crippen molar-refractivity contribution in [2.24, 2.45) is 5.73 Å². The zero-order valence-corrected chi connectivity index (χ0v) is 9.91. The molecule has 5 heteroatoms. The molecular weight excluding hydrogens is 264 g/mol. The molecule has 0 aromatic heterocycles. The van der Waals surface area contributed by atoms with E-state index in [1.165, 1.54) is 6.92 Å². The highest BCUT2D eigenvalue weighted by Crippen LogP contribution is 2.23. The largest absolute Gasteiger partial charge is 0.376 e. The van der Waals surface area contributed by atoms with Crippen LogP contribution in [0.3, 0.4) is 0 Å². The third kappa shape index (κ3) is 2.78. The second-order valence-electron chi connectivity index (χ2n) is 2.74. The maximum atomic E-state index is 11.1. The lowest BCUT2D eigenvalue weighted by Crippen LogP contribution is -2.19. The first-order valence-electron chi connectivity index (χ1n) is 3.87. The number of carbonyl (C=O) groups excluding carboxylic acids is 1. The molecule has 0 amide bonds. The maximum absolute atomic E-state index is 11.1. The van der Waals surface area contributed by atoms with Crippen molar-refractivity contribution >= 4 is 44.7 Å². The number of ketones is 1. The minimum Gasteiger partial charge on any atom is -0.376 e. The molecule has 0 atom stereocenters. The second kappa shape index (κ2) is 4.52. The van der Waals surface area contributed by atoms with Crippen LogP contribution in [0.25, 0.3) is 0 Å². The number of benzene rings is 1. The van der Waals surface area contributed by atoms with Gasteiger partial charge in [-0.15, -0.1) is 0 Å². The van der Waals surface area contributed by atoms with Crippen LogP contribution >= 0.6 is 28.1 Å². The molecule has 0 aliphatic heterocycles. The van der Waals surface area contributed by atoms with E-state index in [1.807, 2.05) is 0 Å². The summed E-state index contributed by atoms with van der Waals surface area (Å²) in [6.45, 7) is 1.51. The molecule has 1 aromatic carbocycles. The van der Waals surface area contributed by atoms with Crippen LogP contribution in [0.15, 0.2) is 22.7 Å². The van der Waals surface area contributed by atoms with E-state index in [2.05, 4.69) is 21.2 Å². The summed E-state index contributed by atoms with van der Waals surface area (Å²) < 4.78 is 0.815. The van der Waals surface area contributed by atoms with E-state index < -0.39 is 0 Å². The topological polar surface area (TPSA) is 55.1 Å². The van der Waals surface area contributed by atoms with Crippen LogP contribution in [-0.4, -0.2) is 10.9 Å². The average molecular weight is 273 g/mol.